The van der Waals surface area contributed by atoms with Crippen molar-refractivity contribution in [1.29, 1.82) is 0 Å². The number of piperidine rings is 1. The molecule has 1 aliphatic heterocycles. The van der Waals surface area contributed by atoms with E-state index in [0.717, 1.165) is 25.9 Å². The van der Waals surface area contributed by atoms with Gasteiger partial charge in [0.1, 0.15) is 0 Å². The van der Waals surface area contributed by atoms with Crippen LogP contribution in [-0.4, -0.2) is 54.4 Å². The first-order valence-electron chi connectivity index (χ1n) is 7.59. The van der Waals surface area contributed by atoms with Crippen LogP contribution in [-0.2, 0) is 21.4 Å². The molecule has 6 nitrogen and oxygen atoms in total. The lowest BCUT2D eigenvalue weighted by Gasteiger charge is -2.28. The first-order chi connectivity index (χ1) is 10.5. The average Bonchev–Trinajstić information content (AvgIpc) is 2.52. The number of hydrogen-bond donors (Lipinski definition) is 0. The molecule has 122 valence electrons. The second kappa shape index (κ2) is 7.69. The topological polar surface area (TPSA) is 70.6 Å². The van der Waals surface area contributed by atoms with Gasteiger partial charge in [0.2, 0.25) is 15.9 Å². The van der Waals surface area contributed by atoms with E-state index in [2.05, 4.69) is 4.98 Å². The van der Waals surface area contributed by atoms with Gasteiger partial charge in [-0.1, -0.05) is 6.07 Å². The van der Waals surface area contributed by atoms with Crippen molar-refractivity contribution in [1.82, 2.24) is 14.2 Å². The molecule has 7 heteroatoms. The predicted octanol–water partition coefficient (Wildman–Crippen LogP) is 1.25. The summed E-state index contributed by atoms with van der Waals surface area (Å²) in [4.78, 5) is 18.2. The van der Waals surface area contributed by atoms with Crippen molar-refractivity contribution in [3.8, 4) is 0 Å². The van der Waals surface area contributed by atoms with Crippen LogP contribution in [0.25, 0.3) is 0 Å². The van der Waals surface area contributed by atoms with E-state index in [-0.39, 0.29) is 25.4 Å². The van der Waals surface area contributed by atoms with Gasteiger partial charge in [0.25, 0.3) is 0 Å². The fourth-order valence-electron chi connectivity index (χ4n) is 2.56. The van der Waals surface area contributed by atoms with Gasteiger partial charge in [-0.25, -0.2) is 8.42 Å². The van der Waals surface area contributed by atoms with E-state index >= 15 is 0 Å². The number of pyridine rings is 1. The van der Waals surface area contributed by atoms with Crippen LogP contribution >= 0.6 is 0 Å². The molecule has 2 heterocycles. The fraction of sp³-hybridized carbons (Fsp3) is 0.600. The maximum Gasteiger partial charge on any atom is 0.223 e. The minimum Gasteiger partial charge on any atom is -0.343 e. The number of carbonyl (C=O) groups is 1. The number of carbonyl (C=O) groups excluding carboxylic acids is 1. The van der Waals surface area contributed by atoms with Crippen molar-refractivity contribution >= 4 is 15.9 Å². The lowest BCUT2D eigenvalue weighted by atomic mass is 10.1. The summed E-state index contributed by atoms with van der Waals surface area (Å²) in [5.74, 6) is 0.0365. The van der Waals surface area contributed by atoms with Gasteiger partial charge >= 0.3 is 0 Å². The Labute approximate surface area is 132 Å². The van der Waals surface area contributed by atoms with Gasteiger partial charge in [0.05, 0.1) is 18.5 Å². The normalized spacial score (nSPS) is 16.0. The highest BCUT2D eigenvalue weighted by Crippen LogP contribution is 2.12. The monoisotopic (exact) mass is 325 g/mol. The molecule has 0 aromatic carbocycles. The van der Waals surface area contributed by atoms with Crippen molar-refractivity contribution < 1.29 is 13.2 Å². The van der Waals surface area contributed by atoms with Crippen molar-refractivity contribution in [2.75, 3.05) is 25.9 Å². The van der Waals surface area contributed by atoms with Crippen LogP contribution in [0, 0.1) is 0 Å². The van der Waals surface area contributed by atoms with E-state index in [0.29, 0.717) is 5.69 Å². The van der Waals surface area contributed by atoms with Crippen LogP contribution in [0.3, 0.4) is 0 Å². The van der Waals surface area contributed by atoms with Crippen LogP contribution in [0.4, 0.5) is 0 Å². The van der Waals surface area contributed by atoms with E-state index in [1.165, 1.54) is 17.0 Å². The summed E-state index contributed by atoms with van der Waals surface area (Å²) >= 11 is 0. The average molecular weight is 325 g/mol. The van der Waals surface area contributed by atoms with Gasteiger partial charge in [0.15, 0.2) is 0 Å². The molecule has 0 radical (unpaired) electrons. The van der Waals surface area contributed by atoms with E-state index in [1.54, 1.807) is 18.3 Å². The molecule has 1 aromatic rings. The summed E-state index contributed by atoms with van der Waals surface area (Å²) in [5, 5.41) is 0. The summed E-state index contributed by atoms with van der Waals surface area (Å²) in [6.07, 6.45) is 6.26. The SMILES string of the molecule is CS(=O)(=O)N(CCC(=O)N1CCCCC1)Cc1ccccn1. The molecule has 22 heavy (non-hydrogen) atoms. The van der Waals surface area contributed by atoms with Gasteiger partial charge in [-0.15, -0.1) is 0 Å². The Morgan fingerprint density at radius 2 is 2.00 bits per heavy atom. The number of rotatable bonds is 6. The van der Waals surface area contributed by atoms with Gasteiger partial charge in [-0.2, -0.15) is 4.31 Å². The summed E-state index contributed by atoms with van der Waals surface area (Å²) in [5.41, 5.74) is 0.679. The molecule has 0 bridgehead atoms. The highest BCUT2D eigenvalue weighted by atomic mass is 32.2. The first-order valence-corrected chi connectivity index (χ1v) is 9.44. The highest BCUT2D eigenvalue weighted by molar-refractivity contribution is 7.88. The summed E-state index contributed by atoms with van der Waals surface area (Å²) in [6.45, 7) is 1.98. The smallest absolute Gasteiger partial charge is 0.223 e. The molecule has 1 saturated heterocycles. The van der Waals surface area contributed by atoms with E-state index < -0.39 is 10.0 Å². The molecular weight excluding hydrogens is 302 g/mol. The highest BCUT2D eigenvalue weighted by Gasteiger charge is 2.21. The maximum absolute atomic E-state index is 12.2. The third kappa shape index (κ3) is 5.06. The van der Waals surface area contributed by atoms with Crippen LogP contribution in [0.5, 0.6) is 0 Å². The lowest BCUT2D eigenvalue weighted by molar-refractivity contribution is -0.132. The Hall–Kier alpha value is -1.47. The lowest BCUT2D eigenvalue weighted by Crippen LogP contribution is -2.39. The van der Waals surface area contributed by atoms with Gasteiger partial charge in [-0.3, -0.25) is 9.78 Å². The molecule has 0 saturated carbocycles. The third-order valence-corrected chi connectivity index (χ3v) is 5.07. The molecule has 0 aliphatic carbocycles. The first kappa shape index (κ1) is 16.9. The number of sulfonamides is 1. The molecule has 0 spiro atoms. The molecule has 2 rings (SSSR count). The number of aromatic nitrogens is 1. The standard InChI is InChI=1S/C15H23N3O3S/c1-22(20,21)18(13-14-7-3-4-9-16-14)12-8-15(19)17-10-5-2-6-11-17/h3-4,7,9H,2,5-6,8,10-13H2,1H3. The van der Waals surface area contributed by atoms with E-state index in [9.17, 15) is 13.2 Å². The Balaban J connectivity index is 1.94. The molecular formula is C15H23N3O3S. The Morgan fingerprint density at radius 1 is 1.27 bits per heavy atom. The predicted molar refractivity (Wildman–Crippen MR) is 84.5 cm³/mol. The molecule has 1 aromatic heterocycles. The summed E-state index contributed by atoms with van der Waals surface area (Å²) in [6, 6.07) is 5.39. The second-order valence-corrected chi connectivity index (χ2v) is 7.59. The molecule has 0 N–H and O–H groups in total. The van der Waals surface area contributed by atoms with E-state index in [1.807, 2.05) is 11.0 Å². The van der Waals surface area contributed by atoms with Crippen molar-refractivity contribution in [3.63, 3.8) is 0 Å². The van der Waals surface area contributed by atoms with Crippen molar-refractivity contribution in [3.05, 3.63) is 30.1 Å². The Bertz CT molecular complexity index is 583. The Morgan fingerprint density at radius 3 is 2.59 bits per heavy atom. The van der Waals surface area contributed by atoms with E-state index in [4.69, 9.17) is 0 Å². The molecule has 0 atom stereocenters. The van der Waals surface area contributed by atoms with Crippen LogP contribution in [0.15, 0.2) is 24.4 Å². The van der Waals surface area contributed by atoms with Crippen LogP contribution in [0.1, 0.15) is 31.4 Å². The van der Waals surface area contributed by atoms with Crippen LogP contribution in [0.2, 0.25) is 0 Å². The number of nitrogens with zero attached hydrogens (tertiary/aromatic N) is 3. The molecule has 1 amide bonds. The molecule has 1 aliphatic rings. The summed E-state index contributed by atoms with van der Waals surface area (Å²) in [7, 11) is -3.37. The van der Waals surface area contributed by atoms with Gasteiger partial charge in [-0.05, 0) is 31.4 Å². The zero-order valence-electron chi connectivity index (χ0n) is 12.9. The zero-order chi connectivity index (χ0) is 16.0. The summed E-state index contributed by atoms with van der Waals surface area (Å²) < 4.78 is 25.1. The third-order valence-electron chi connectivity index (χ3n) is 3.82. The quantitative estimate of drug-likeness (QED) is 0.789. The molecule has 0 unspecified atom stereocenters. The minimum absolute atomic E-state index is 0.0365. The van der Waals surface area contributed by atoms with Crippen molar-refractivity contribution in [2.45, 2.75) is 32.2 Å². The Kier molecular flexibility index (Phi) is 5.90. The van der Waals surface area contributed by atoms with Gasteiger partial charge in [0, 0.05) is 32.3 Å². The number of likely N-dealkylation sites (tertiary alicyclic amines) is 1. The molecule has 1 fully saturated rings. The van der Waals surface area contributed by atoms with Crippen molar-refractivity contribution in [2.24, 2.45) is 0 Å². The second-order valence-electron chi connectivity index (χ2n) is 5.61. The number of hydrogen-bond acceptors (Lipinski definition) is 4. The zero-order valence-corrected chi connectivity index (χ0v) is 13.8. The van der Waals surface area contributed by atoms with Gasteiger partial charge < -0.3 is 4.90 Å². The van der Waals surface area contributed by atoms with Crippen LogP contribution < -0.4 is 0 Å². The largest absolute Gasteiger partial charge is 0.343 e. The number of amides is 1. The maximum atomic E-state index is 12.2. The fourth-order valence-corrected chi connectivity index (χ4v) is 3.35. The minimum atomic E-state index is -3.37.